The van der Waals surface area contributed by atoms with Crippen molar-refractivity contribution in [2.24, 2.45) is 5.92 Å². The van der Waals surface area contributed by atoms with Gasteiger partial charge >= 0.3 is 0 Å². The highest BCUT2D eigenvalue weighted by atomic mass is 32.1. The van der Waals surface area contributed by atoms with Gasteiger partial charge in [-0.25, -0.2) is 4.98 Å². The number of thiazole rings is 1. The van der Waals surface area contributed by atoms with Gasteiger partial charge in [-0.05, 0) is 57.4 Å². The second kappa shape index (κ2) is 8.44. The molecular weight excluding hydrogens is 396 g/mol. The topological polar surface area (TPSA) is 76.0 Å². The molecule has 2 aromatic heterocycles. The maximum Gasteiger partial charge on any atom is 0.240 e. The number of aryl methyl sites for hydroxylation is 2. The lowest BCUT2D eigenvalue weighted by molar-refractivity contribution is -0.122. The molecule has 0 bridgehead atoms. The Morgan fingerprint density at radius 2 is 2.00 bits per heavy atom. The van der Waals surface area contributed by atoms with Crippen molar-refractivity contribution < 1.29 is 9.59 Å². The molecule has 1 fully saturated rings. The van der Waals surface area contributed by atoms with E-state index >= 15 is 0 Å². The Morgan fingerprint density at radius 1 is 1.20 bits per heavy atom. The van der Waals surface area contributed by atoms with E-state index in [9.17, 15) is 9.59 Å². The van der Waals surface area contributed by atoms with E-state index in [0.717, 1.165) is 51.7 Å². The Hall–Kier alpha value is -2.93. The molecule has 1 aromatic carbocycles. The summed E-state index contributed by atoms with van der Waals surface area (Å²) in [6.07, 6.45) is 1.95. The van der Waals surface area contributed by atoms with Gasteiger partial charge in [0.05, 0.1) is 10.7 Å². The van der Waals surface area contributed by atoms with Gasteiger partial charge in [0.15, 0.2) is 0 Å². The van der Waals surface area contributed by atoms with Crippen LogP contribution in [0.25, 0.3) is 11.3 Å². The lowest BCUT2D eigenvalue weighted by Gasteiger charge is -2.11. The normalized spacial score (nSPS) is 13.3. The van der Waals surface area contributed by atoms with Crippen molar-refractivity contribution in [1.82, 2.24) is 14.9 Å². The SMILES string of the molecule is Cc1nc(-c2cc(C)n(CC(=O)NCc3cccc(NC(=O)C4CC4)c3)c2C)cs1. The number of anilines is 1. The molecule has 2 heterocycles. The lowest BCUT2D eigenvalue weighted by atomic mass is 10.2. The number of carbonyl (C=O) groups is 2. The predicted molar refractivity (Wildman–Crippen MR) is 119 cm³/mol. The summed E-state index contributed by atoms with van der Waals surface area (Å²) in [5.41, 5.74) is 5.84. The number of nitrogens with one attached hydrogen (secondary N) is 2. The summed E-state index contributed by atoms with van der Waals surface area (Å²) in [4.78, 5) is 29.1. The molecule has 30 heavy (non-hydrogen) atoms. The second-order valence-corrected chi connectivity index (χ2v) is 8.93. The maximum absolute atomic E-state index is 12.6. The number of carbonyl (C=O) groups excluding carboxylic acids is 2. The summed E-state index contributed by atoms with van der Waals surface area (Å²) in [6, 6.07) is 9.71. The summed E-state index contributed by atoms with van der Waals surface area (Å²) in [5, 5.41) is 9.01. The summed E-state index contributed by atoms with van der Waals surface area (Å²) in [6.45, 7) is 6.71. The lowest BCUT2D eigenvalue weighted by Crippen LogP contribution is -2.28. The quantitative estimate of drug-likeness (QED) is 0.599. The summed E-state index contributed by atoms with van der Waals surface area (Å²) in [5.74, 6) is 0.200. The Labute approximate surface area is 180 Å². The highest BCUT2D eigenvalue weighted by Gasteiger charge is 2.29. The molecule has 6 nitrogen and oxygen atoms in total. The van der Waals surface area contributed by atoms with E-state index in [1.165, 1.54) is 0 Å². The average Bonchev–Trinajstić information content (AvgIpc) is 3.43. The molecule has 156 valence electrons. The molecule has 0 unspecified atom stereocenters. The smallest absolute Gasteiger partial charge is 0.240 e. The molecule has 0 radical (unpaired) electrons. The van der Waals surface area contributed by atoms with Gasteiger partial charge in [-0.3, -0.25) is 9.59 Å². The summed E-state index contributed by atoms with van der Waals surface area (Å²) >= 11 is 1.63. The largest absolute Gasteiger partial charge is 0.350 e. The number of rotatable bonds is 7. The highest BCUT2D eigenvalue weighted by Crippen LogP contribution is 2.30. The van der Waals surface area contributed by atoms with Gasteiger partial charge in [-0.15, -0.1) is 11.3 Å². The van der Waals surface area contributed by atoms with Crippen LogP contribution in [0.15, 0.2) is 35.7 Å². The Bertz CT molecular complexity index is 1090. The molecule has 3 aromatic rings. The van der Waals surface area contributed by atoms with Crippen LogP contribution in [-0.4, -0.2) is 21.4 Å². The zero-order valence-electron chi connectivity index (χ0n) is 17.5. The molecule has 0 atom stereocenters. The molecule has 2 amide bonds. The van der Waals surface area contributed by atoms with Crippen LogP contribution in [0.1, 0.15) is 34.8 Å². The Morgan fingerprint density at radius 3 is 2.70 bits per heavy atom. The average molecular weight is 423 g/mol. The van der Waals surface area contributed by atoms with E-state index < -0.39 is 0 Å². The van der Waals surface area contributed by atoms with Crippen molar-refractivity contribution in [3.8, 4) is 11.3 Å². The van der Waals surface area contributed by atoms with Crippen LogP contribution in [0.5, 0.6) is 0 Å². The van der Waals surface area contributed by atoms with Crippen LogP contribution in [0.3, 0.4) is 0 Å². The van der Waals surface area contributed by atoms with E-state index in [1.807, 2.05) is 49.6 Å². The van der Waals surface area contributed by atoms with E-state index in [0.29, 0.717) is 6.54 Å². The number of hydrogen-bond donors (Lipinski definition) is 2. The van der Waals surface area contributed by atoms with Crippen LogP contribution in [-0.2, 0) is 22.7 Å². The maximum atomic E-state index is 12.6. The number of amides is 2. The zero-order valence-corrected chi connectivity index (χ0v) is 18.3. The van der Waals surface area contributed by atoms with Gasteiger partial charge in [-0.1, -0.05) is 12.1 Å². The number of nitrogens with zero attached hydrogens (tertiary/aromatic N) is 2. The molecule has 1 aliphatic carbocycles. The molecule has 4 rings (SSSR count). The minimum Gasteiger partial charge on any atom is -0.350 e. The molecule has 1 aliphatic rings. The third-order valence-electron chi connectivity index (χ3n) is 5.40. The van der Waals surface area contributed by atoms with Gasteiger partial charge in [0, 0.05) is 40.5 Å². The first kappa shape index (κ1) is 20.3. The number of aromatic nitrogens is 2. The van der Waals surface area contributed by atoms with Crippen molar-refractivity contribution in [2.75, 3.05) is 5.32 Å². The van der Waals surface area contributed by atoms with Gasteiger partial charge in [-0.2, -0.15) is 0 Å². The summed E-state index contributed by atoms with van der Waals surface area (Å²) in [7, 11) is 0. The fourth-order valence-electron chi connectivity index (χ4n) is 3.54. The molecule has 1 saturated carbocycles. The Kier molecular flexibility index (Phi) is 5.72. The summed E-state index contributed by atoms with van der Waals surface area (Å²) < 4.78 is 2.02. The van der Waals surface area contributed by atoms with E-state index in [4.69, 9.17) is 0 Å². The first-order chi connectivity index (χ1) is 14.4. The zero-order chi connectivity index (χ0) is 21.3. The van der Waals surface area contributed by atoms with Crippen LogP contribution in [0.2, 0.25) is 0 Å². The van der Waals surface area contributed by atoms with Crippen LogP contribution >= 0.6 is 11.3 Å². The van der Waals surface area contributed by atoms with Gasteiger partial charge in [0.2, 0.25) is 11.8 Å². The van der Waals surface area contributed by atoms with Crippen molar-refractivity contribution in [3.05, 3.63) is 57.7 Å². The third kappa shape index (κ3) is 4.62. The van der Waals surface area contributed by atoms with Crippen LogP contribution in [0, 0.1) is 26.7 Å². The van der Waals surface area contributed by atoms with Crippen molar-refractivity contribution in [3.63, 3.8) is 0 Å². The molecular formula is C23H26N4O2S. The van der Waals surface area contributed by atoms with E-state index in [-0.39, 0.29) is 24.3 Å². The number of hydrogen-bond acceptors (Lipinski definition) is 4. The fraction of sp³-hybridized carbons (Fsp3) is 0.348. The van der Waals surface area contributed by atoms with Crippen LogP contribution < -0.4 is 10.6 Å². The standard InChI is InChI=1S/C23H26N4O2S/c1-14-9-20(21-13-30-16(3)25-21)15(2)27(14)12-22(28)24-11-17-5-4-6-19(10-17)26-23(29)18-7-8-18/h4-6,9-10,13,18H,7-8,11-12H2,1-3H3,(H,24,28)(H,26,29). The predicted octanol–water partition coefficient (Wildman–Crippen LogP) is 4.20. The molecule has 2 N–H and O–H groups in total. The van der Waals surface area contributed by atoms with Crippen molar-refractivity contribution in [1.29, 1.82) is 0 Å². The van der Waals surface area contributed by atoms with E-state index in [1.54, 1.807) is 11.3 Å². The third-order valence-corrected chi connectivity index (χ3v) is 6.18. The minimum absolute atomic E-state index is 0.0507. The van der Waals surface area contributed by atoms with Gasteiger partial charge < -0.3 is 15.2 Å². The van der Waals surface area contributed by atoms with Gasteiger partial charge in [0.1, 0.15) is 6.54 Å². The molecule has 0 saturated heterocycles. The Balaban J connectivity index is 1.37. The minimum atomic E-state index is -0.0507. The van der Waals surface area contributed by atoms with Crippen molar-refractivity contribution in [2.45, 2.75) is 46.7 Å². The monoisotopic (exact) mass is 422 g/mol. The second-order valence-electron chi connectivity index (χ2n) is 7.86. The van der Waals surface area contributed by atoms with Crippen LogP contribution in [0.4, 0.5) is 5.69 Å². The molecule has 0 aliphatic heterocycles. The first-order valence-corrected chi connectivity index (χ1v) is 11.0. The number of benzene rings is 1. The van der Waals surface area contributed by atoms with Gasteiger partial charge in [0.25, 0.3) is 0 Å². The van der Waals surface area contributed by atoms with Crippen molar-refractivity contribution >= 4 is 28.8 Å². The van der Waals surface area contributed by atoms with E-state index in [2.05, 4.69) is 27.1 Å². The first-order valence-electron chi connectivity index (χ1n) is 10.2. The molecule has 7 heteroatoms. The highest BCUT2D eigenvalue weighted by molar-refractivity contribution is 7.09. The molecule has 0 spiro atoms. The fourth-order valence-corrected chi connectivity index (χ4v) is 4.15.